The van der Waals surface area contributed by atoms with Gasteiger partial charge in [0.25, 0.3) is 0 Å². The maximum Gasteiger partial charge on any atom is 0.308 e. The molecule has 0 fully saturated rings. The lowest BCUT2D eigenvalue weighted by Gasteiger charge is -2.19. The van der Waals surface area contributed by atoms with Crippen LogP contribution in [0.4, 0.5) is 0 Å². The maximum absolute atomic E-state index is 10.7. The highest BCUT2D eigenvalue weighted by Crippen LogP contribution is 2.17. The summed E-state index contributed by atoms with van der Waals surface area (Å²) in [5, 5.41) is 20.3. The molecule has 0 heterocycles. The molecule has 0 aromatic heterocycles. The van der Waals surface area contributed by atoms with E-state index < -0.39 is 17.9 Å². The van der Waals surface area contributed by atoms with Gasteiger partial charge in [0.05, 0.1) is 12.3 Å². The van der Waals surface area contributed by atoms with Gasteiger partial charge in [0, 0.05) is 6.54 Å². The van der Waals surface area contributed by atoms with E-state index in [9.17, 15) is 9.59 Å². The number of nitrogens with one attached hydrogen (secondary N) is 1. The standard InChI is InChI=1S/C11H21NO4/c1-11(2,3)4-5-12-7-8(10(15)16)6-9(13)14/h8,12H,4-7H2,1-3H3,(H,13,14)(H,15,16). The Balaban J connectivity index is 3.86. The molecule has 0 bridgehead atoms. The quantitative estimate of drug-likeness (QED) is 0.573. The Hall–Kier alpha value is -1.10. The van der Waals surface area contributed by atoms with Gasteiger partial charge in [-0.25, -0.2) is 0 Å². The summed E-state index contributed by atoms with van der Waals surface area (Å²) >= 11 is 0. The van der Waals surface area contributed by atoms with Crippen molar-refractivity contribution in [1.82, 2.24) is 5.32 Å². The zero-order valence-corrected chi connectivity index (χ0v) is 10.1. The average Bonchev–Trinajstić information content (AvgIpc) is 2.07. The van der Waals surface area contributed by atoms with E-state index in [1.807, 2.05) is 0 Å². The van der Waals surface area contributed by atoms with Crippen LogP contribution in [0.2, 0.25) is 0 Å². The summed E-state index contributed by atoms with van der Waals surface area (Å²) in [6, 6.07) is 0. The third-order valence-corrected chi connectivity index (χ3v) is 2.21. The van der Waals surface area contributed by atoms with Gasteiger partial charge in [-0.15, -0.1) is 0 Å². The molecule has 0 radical (unpaired) electrons. The molecule has 0 aliphatic heterocycles. The Morgan fingerprint density at radius 3 is 2.19 bits per heavy atom. The molecular formula is C11H21NO4. The molecule has 0 spiro atoms. The predicted molar refractivity (Wildman–Crippen MR) is 60.3 cm³/mol. The summed E-state index contributed by atoms with van der Waals surface area (Å²) in [6.07, 6.45) is 0.588. The van der Waals surface area contributed by atoms with Crippen molar-refractivity contribution in [1.29, 1.82) is 0 Å². The molecule has 3 N–H and O–H groups in total. The molecule has 16 heavy (non-hydrogen) atoms. The summed E-state index contributed by atoms with van der Waals surface area (Å²) in [5.74, 6) is -2.99. The van der Waals surface area contributed by atoms with Crippen LogP contribution in [0.1, 0.15) is 33.6 Å². The first kappa shape index (κ1) is 14.9. The molecule has 0 rings (SSSR count). The molecule has 1 atom stereocenters. The van der Waals surface area contributed by atoms with E-state index in [2.05, 4.69) is 26.1 Å². The van der Waals surface area contributed by atoms with E-state index >= 15 is 0 Å². The highest BCUT2D eigenvalue weighted by atomic mass is 16.4. The normalized spacial score (nSPS) is 13.4. The van der Waals surface area contributed by atoms with E-state index in [0.717, 1.165) is 6.42 Å². The number of aliphatic carboxylic acids is 2. The molecule has 1 unspecified atom stereocenters. The van der Waals surface area contributed by atoms with E-state index in [1.54, 1.807) is 0 Å². The highest BCUT2D eigenvalue weighted by Gasteiger charge is 2.20. The van der Waals surface area contributed by atoms with Crippen molar-refractivity contribution in [3.05, 3.63) is 0 Å². The molecule has 0 aromatic carbocycles. The monoisotopic (exact) mass is 231 g/mol. The van der Waals surface area contributed by atoms with Crippen LogP contribution >= 0.6 is 0 Å². The van der Waals surface area contributed by atoms with Gasteiger partial charge >= 0.3 is 11.9 Å². The van der Waals surface area contributed by atoms with E-state index in [1.165, 1.54) is 0 Å². The fourth-order valence-electron chi connectivity index (χ4n) is 1.20. The summed E-state index contributed by atoms with van der Waals surface area (Å²) in [7, 11) is 0. The van der Waals surface area contributed by atoms with Gasteiger partial charge in [-0.3, -0.25) is 9.59 Å². The SMILES string of the molecule is CC(C)(C)CCNCC(CC(=O)O)C(=O)O. The number of hydrogen-bond donors (Lipinski definition) is 3. The lowest BCUT2D eigenvalue weighted by atomic mass is 9.92. The van der Waals surface area contributed by atoms with Crippen molar-refractivity contribution in [3.63, 3.8) is 0 Å². The number of hydrogen-bond acceptors (Lipinski definition) is 3. The summed E-state index contributed by atoms with van der Waals surface area (Å²) < 4.78 is 0. The first-order valence-corrected chi connectivity index (χ1v) is 5.37. The molecule has 0 saturated heterocycles. The zero-order chi connectivity index (χ0) is 12.8. The van der Waals surface area contributed by atoms with Crippen LogP contribution in [0.25, 0.3) is 0 Å². The van der Waals surface area contributed by atoms with Crippen LogP contribution in [0, 0.1) is 11.3 Å². The molecule has 0 amide bonds. The minimum Gasteiger partial charge on any atom is -0.481 e. The second-order valence-electron chi connectivity index (χ2n) is 5.15. The van der Waals surface area contributed by atoms with Crippen LogP contribution in [0.5, 0.6) is 0 Å². The molecule has 0 aliphatic rings. The van der Waals surface area contributed by atoms with Crippen molar-refractivity contribution in [2.75, 3.05) is 13.1 Å². The zero-order valence-electron chi connectivity index (χ0n) is 10.1. The molecule has 0 saturated carbocycles. The largest absolute Gasteiger partial charge is 0.481 e. The molecule has 5 heteroatoms. The number of rotatable bonds is 7. The van der Waals surface area contributed by atoms with Crippen LogP contribution in [-0.4, -0.2) is 35.2 Å². The topological polar surface area (TPSA) is 86.6 Å². The van der Waals surface area contributed by atoms with Crippen LogP contribution in [0.3, 0.4) is 0 Å². The maximum atomic E-state index is 10.7. The van der Waals surface area contributed by atoms with Crippen molar-refractivity contribution in [3.8, 4) is 0 Å². The molecule has 5 nitrogen and oxygen atoms in total. The minimum absolute atomic E-state index is 0.193. The molecule has 0 aromatic rings. The number of carbonyl (C=O) groups is 2. The van der Waals surface area contributed by atoms with Gasteiger partial charge in [-0.2, -0.15) is 0 Å². The second-order valence-corrected chi connectivity index (χ2v) is 5.15. The smallest absolute Gasteiger partial charge is 0.308 e. The number of carboxylic acid groups (broad SMARTS) is 2. The van der Waals surface area contributed by atoms with Gasteiger partial charge in [0.15, 0.2) is 0 Å². The van der Waals surface area contributed by atoms with Crippen LogP contribution < -0.4 is 5.32 Å². The Morgan fingerprint density at radius 2 is 1.81 bits per heavy atom. The Labute approximate surface area is 95.9 Å². The average molecular weight is 231 g/mol. The summed E-state index contributed by atoms with van der Waals surface area (Å²) in [4.78, 5) is 21.1. The fourth-order valence-corrected chi connectivity index (χ4v) is 1.20. The molecule has 94 valence electrons. The highest BCUT2D eigenvalue weighted by molar-refractivity contribution is 5.77. The van der Waals surface area contributed by atoms with Crippen LogP contribution in [-0.2, 0) is 9.59 Å². The lowest BCUT2D eigenvalue weighted by Crippen LogP contribution is -2.32. The van der Waals surface area contributed by atoms with Gasteiger partial charge in [-0.1, -0.05) is 20.8 Å². The van der Waals surface area contributed by atoms with Gasteiger partial charge in [0.2, 0.25) is 0 Å². The summed E-state index contributed by atoms with van der Waals surface area (Å²) in [6.45, 7) is 7.20. The van der Waals surface area contributed by atoms with Crippen LogP contribution in [0.15, 0.2) is 0 Å². The van der Waals surface area contributed by atoms with Crippen molar-refractivity contribution in [2.45, 2.75) is 33.6 Å². The molecule has 0 aliphatic carbocycles. The van der Waals surface area contributed by atoms with Gasteiger partial charge in [0.1, 0.15) is 0 Å². The fraction of sp³-hybridized carbons (Fsp3) is 0.818. The Morgan fingerprint density at radius 1 is 1.25 bits per heavy atom. The first-order chi connectivity index (χ1) is 7.22. The number of carboxylic acids is 2. The molecular weight excluding hydrogens is 210 g/mol. The second kappa shape index (κ2) is 6.48. The van der Waals surface area contributed by atoms with Crippen molar-refractivity contribution >= 4 is 11.9 Å². The van der Waals surface area contributed by atoms with E-state index in [-0.39, 0.29) is 18.4 Å². The minimum atomic E-state index is -1.08. The van der Waals surface area contributed by atoms with Crippen molar-refractivity contribution in [2.24, 2.45) is 11.3 Å². The summed E-state index contributed by atoms with van der Waals surface area (Å²) in [5.41, 5.74) is 0.193. The predicted octanol–water partition coefficient (Wildman–Crippen LogP) is 1.19. The van der Waals surface area contributed by atoms with Gasteiger partial charge < -0.3 is 15.5 Å². The third kappa shape index (κ3) is 8.23. The lowest BCUT2D eigenvalue weighted by molar-refractivity contribution is -0.148. The van der Waals surface area contributed by atoms with Gasteiger partial charge in [-0.05, 0) is 18.4 Å². The van der Waals surface area contributed by atoms with E-state index in [0.29, 0.717) is 6.54 Å². The third-order valence-electron chi connectivity index (χ3n) is 2.21. The first-order valence-electron chi connectivity index (χ1n) is 5.37. The Bertz CT molecular complexity index is 245. The Kier molecular flexibility index (Phi) is 6.03. The van der Waals surface area contributed by atoms with Crippen molar-refractivity contribution < 1.29 is 19.8 Å². The van der Waals surface area contributed by atoms with E-state index in [4.69, 9.17) is 10.2 Å².